The number of fused-ring (bicyclic) bond motifs is 1. The minimum atomic E-state index is -0.482. The van der Waals surface area contributed by atoms with Crippen LogP contribution in [0.5, 0.6) is 0 Å². The fourth-order valence-electron chi connectivity index (χ4n) is 3.26. The number of piperidine rings is 1. The maximum atomic E-state index is 13.7. The minimum absolute atomic E-state index is 0.143. The number of esters is 1. The number of nitrogens with one attached hydrogen (secondary N) is 2. The van der Waals surface area contributed by atoms with Crippen LogP contribution in [0.4, 0.5) is 10.2 Å². The fourth-order valence-corrected chi connectivity index (χ4v) is 3.26. The molecule has 1 unspecified atom stereocenters. The van der Waals surface area contributed by atoms with Crippen LogP contribution in [0.25, 0.3) is 17.2 Å². The Balaban J connectivity index is 1.74. The van der Waals surface area contributed by atoms with Gasteiger partial charge in [-0.25, -0.2) is 24.1 Å². The highest BCUT2D eigenvalue weighted by atomic mass is 19.1. The first-order valence-electron chi connectivity index (χ1n) is 9.30. The predicted octanol–water partition coefficient (Wildman–Crippen LogP) is 2.27. The summed E-state index contributed by atoms with van der Waals surface area (Å²) in [6.07, 6.45) is 6.36. The second kappa shape index (κ2) is 7.89. The van der Waals surface area contributed by atoms with Crippen LogP contribution < -0.4 is 10.6 Å². The van der Waals surface area contributed by atoms with Crippen LogP contribution in [-0.4, -0.2) is 51.1 Å². The minimum Gasteiger partial charge on any atom is -0.462 e. The molecule has 0 aromatic carbocycles. The van der Waals surface area contributed by atoms with Gasteiger partial charge in [-0.1, -0.05) is 0 Å². The maximum Gasteiger partial charge on any atom is 0.343 e. The van der Waals surface area contributed by atoms with Gasteiger partial charge in [0.05, 0.1) is 12.8 Å². The van der Waals surface area contributed by atoms with Crippen LogP contribution in [-0.2, 0) is 4.74 Å². The number of pyridine rings is 1. The van der Waals surface area contributed by atoms with Gasteiger partial charge in [0.2, 0.25) is 0 Å². The van der Waals surface area contributed by atoms with E-state index in [-0.39, 0.29) is 24.0 Å². The molecule has 3 aromatic rings. The Morgan fingerprint density at radius 3 is 3.07 bits per heavy atom. The standard InChI is InChI=1S/C19H21FN6O2/c1-2-28-19(27)14-9-23-18(25-17(14)24-13-4-3-7-21-8-13)15-10-22-16-6-5-12(20)11-26(15)16/h5-6,9-11,13,21H,2-4,7-8H2,1H3,(H,23,24,25). The molecule has 1 saturated heterocycles. The molecule has 1 atom stereocenters. The van der Waals surface area contributed by atoms with E-state index in [2.05, 4.69) is 25.6 Å². The lowest BCUT2D eigenvalue weighted by molar-refractivity contribution is 0.0526. The highest BCUT2D eigenvalue weighted by Gasteiger charge is 2.21. The summed E-state index contributed by atoms with van der Waals surface area (Å²) in [6.45, 7) is 3.77. The van der Waals surface area contributed by atoms with Gasteiger partial charge < -0.3 is 15.4 Å². The predicted molar refractivity (Wildman–Crippen MR) is 102 cm³/mol. The highest BCUT2D eigenvalue weighted by Crippen LogP contribution is 2.23. The van der Waals surface area contributed by atoms with Crippen molar-refractivity contribution in [1.82, 2.24) is 24.7 Å². The Hall–Kier alpha value is -3.07. The third kappa shape index (κ3) is 3.65. The van der Waals surface area contributed by atoms with E-state index in [0.717, 1.165) is 25.9 Å². The number of anilines is 1. The van der Waals surface area contributed by atoms with Gasteiger partial charge in [-0.05, 0) is 38.4 Å². The van der Waals surface area contributed by atoms with Crippen molar-refractivity contribution in [3.05, 3.63) is 42.1 Å². The number of imidazole rings is 1. The molecule has 0 saturated carbocycles. The number of ether oxygens (including phenoxy) is 1. The first-order chi connectivity index (χ1) is 13.7. The lowest BCUT2D eigenvalue weighted by Gasteiger charge is -2.25. The molecule has 1 aliphatic rings. The van der Waals surface area contributed by atoms with Gasteiger partial charge >= 0.3 is 5.97 Å². The molecule has 0 spiro atoms. The number of hydrogen-bond acceptors (Lipinski definition) is 7. The van der Waals surface area contributed by atoms with E-state index in [4.69, 9.17) is 4.74 Å². The highest BCUT2D eigenvalue weighted by molar-refractivity contribution is 5.94. The van der Waals surface area contributed by atoms with Crippen molar-refractivity contribution in [1.29, 1.82) is 0 Å². The van der Waals surface area contributed by atoms with Crippen molar-refractivity contribution in [3.8, 4) is 11.5 Å². The molecule has 1 aliphatic heterocycles. The molecular formula is C19H21FN6O2. The topological polar surface area (TPSA) is 93.4 Å². The first kappa shape index (κ1) is 18.3. The number of halogens is 1. The second-order valence-electron chi connectivity index (χ2n) is 6.58. The normalized spacial score (nSPS) is 16.9. The van der Waals surface area contributed by atoms with Crippen LogP contribution in [0, 0.1) is 5.82 Å². The molecule has 28 heavy (non-hydrogen) atoms. The summed E-state index contributed by atoms with van der Waals surface area (Å²) in [4.78, 5) is 25.5. The smallest absolute Gasteiger partial charge is 0.343 e. The monoisotopic (exact) mass is 384 g/mol. The van der Waals surface area contributed by atoms with E-state index in [0.29, 0.717) is 23.0 Å². The summed E-state index contributed by atoms with van der Waals surface area (Å²) in [5, 5.41) is 6.66. The molecule has 4 rings (SSSR count). The number of carbonyl (C=O) groups excluding carboxylic acids is 1. The Bertz CT molecular complexity index is 999. The number of nitrogens with zero attached hydrogens (tertiary/aromatic N) is 4. The fraction of sp³-hybridized carbons (Fsp3) is 0.368. The summed E-state index contributed by atoms with van der Waals surface area (Å²) in [5.74, 6) is -0.119. The number of carbonyl (C=O) groups is 1. The molecule has 9 heteroatoms. The number of hydrogen-bond donors (Lipinski definition) is 2. The summed E-state index contributed by atoms with van der Waals surface area (Å²) in [7, 11) is 0. The quantitative estimate of drug-likeness (QED) is 0.652. The number of aromatic nitrogens is 4. The molecular weight excluding hydrogens is 363 g/mol. The Morgan fingerprint density at radius 2 is 2.29 bits per heavy atom. The Labute approximate surface area is 161 Å². The van der Waals surface area contributed by atoms with E-state index in [9.17, 15) is 9.18 Å². The molecule has 0 amide bonds. The van der Waals surface area contributed by atoms with E-state index in [1.807, 2.05) is 0 Å². The Kier molecular flexibility index (Phi) is 5.16. The van der Waals surface area contributed by atoms with E-state index >= 15 is 0 Å². The lowest BCUT2D eigenvalue weighted by Crippen LogP contribution is -2.39. The molecule has 0 bridgehead atoms. The molecule has 4 heterocycles. The molecule has 1 fully saturated rings. The molecule has 146 valence electrons. The van der Waals surface area contributed by atoms with Crippen LogP contribution in [0.1, 0.15) is 30.1 Å². The third-order valence-corrected chi connectivity index (χ3v) is 4.62. The van der Waals surface area contributed by atoms with Crippen molar-refractivity contribution in [3.63, 3.8) is 0 Å². The van der Waals surface area contributed by atoms with Gasteiger partial charge in [-0.3, -0.25) is 4.40 Å². The van der Waals surface area contributed by atoms with Crippen LogP contribution in [0.3, 0.4) is 0 Å². The van der Waals surface area contributed by atoms with Crippen molar-refractivity contribution < 1.29 is 13.9 Å². The molecule has 3 aromatic heterocycles. The van der Waals surface area contributed by atoms with Gasteiger partial charge in [0, 0.05) is 25.0 Å². The second-order valence-corrected chi connectivity index (χ2v) is 6.58. The summed E-state index contributed by atoms with van der Waals surface area (Å²) in [5.41, 5.74) is 1.39. The average molecular weight is 384 g/mol. The van der Waals surface area contributed by atoms with Gasteiger partial charge in [0.25, 0.3) is 0 Å². The largest absolute Gasteiger partial charge is 0.462 e. The summed E-state index contributed by atoms with van der Waals surface area (Å²) >= 11 is 0. The molecule has 0 radical (unpaired) electrons. The van der Waals surface area contributed by atoms with E-state index < -0.39 is 5.97 Å². The summed E-state index contributed by atoms with van der Waals surface area (Å²) in [6, 6.07) is 3.07. The molecule has 2 N–H and O–H groups in total. The van der Waals surface area contributed by atoms with Crippen molar-refractivity contribution in [2.24, 2.45) is 0 Å². The zero-order valence-corrected chi connectivity index (χ0v) is 15.5. The van der Waals surface area contributed by atoms with Crippen molar-refractivity contribution in [2.75, 3.05) is 25.0 Å². The van der Waals surface area contributed by atoms with E-state index in [1.54, 1.807) is 23.6 Å². The SMILES string of the molecule is CCOC(=O)c1cnc(-c2cnc3ccc(F)cn23)nc1NC1CCCNC1. The zero-order valence-electron chi connectivity index (χ0n) is 15.5. The van der Waals surface area contributed by atoms with Gasteiger partial charge in [0.15, 0.2) is 5.82 Å². The number of rotatable bonds is 5. The van der Waals surface area contributed by atoms with Crippen LogP contribution in [0.2, 0.25) is 0 Å². The van der Waals surface area contributed by atoms with Gasteiger partial charge in [-0.2, -0.15) is 0 Å². The molecule has 0 aliphatic carbocycles. The maximum absolute atomic E-state index is 13.7. The van der Waals surface area contributed by atoms with E-state index in [1.165, 1.54) is 18.5 Å². The van der Waals surface area contributed by atoms with Crippen LogP contribution >= 0.6 is 0 Å². The lowest BCUT2D eigenvalue weighted by atomic mass is 10.1. The van der Waals surface area contributed by atoms with Crippen LogP contribution in [0.15, 0.2) is 30.7 Å². The summed E-state index contributed by atoms with van der Waals surface area (Å²) < 4.78 is 20.4. The van der Waals surface area contributed by atoms with Crippen molar-refractivity contribution >= 4 is 17.4 Å². The third-order valence-electron chi connectivity index (χ3n) is 4.62. The van der Waals surface area contributed by atoms with Crippen molar-refractivity contribution in [2.45, 2.75) is 25.8 Å². The zero-order chi connectivity index (χ0) is 19.5. The van der Waals surface area contributed by atoms with Gasteiger partial charge in [-0.15, -0.1) is 0 Å². The average Bonchev–Trinajstić information content (AvgIpc) is 3.12. The molecule has 8 nitrogen and oxygen atoms in total. The van der Waals surface area contributed by atoms with Gasteiger partial charge in [0.1, 0.15) is 28.5 Å². The Morgan fingerprint density at radius 1 is 1.39 bits per heavy atom. The first-order valence-corrected chi connectivity index (χ1v) is 9.30.